The van der Waals surface area contributed by atoms with Gasteiger partial charge in [-0.1, -0.05) is 12.1 Å². The lowest BCUT2D eigenvalue weighted by Crippen LogP contribution is -2.56. The minimum Gasteiger partial charge on any atom is -0.492 e. The van der Waals surface area contributed by atoms with Crippen LogP contribution < -0.4 is 47.9 Å². The molecule has 0 saturated heterocycles. The van der Waals surface area contributed by atoms with Crippen LogP contribution in [-0.4, -0.2) is 98.5 Å². The third-order valence-corrected chi connectivity index (χ3v) is 7.68. The van der Waals surface area contributed by atoms with Crippen LogP contribution in [0.15, 0.2) is 36.4 Å². The van der Waals surface area contributed by atoms with Gasteiger partial charge in [-0.2, -0.15) is 5.26 Å². The summed E-state index contributed by atoms with van der Waals surface area (Å²) in [5, 5.41) is 19.7. The summed E-state index contributed by atoms with van der Waals surface area (Å²) in [6.07, 6.45) is 0.0166. The van der Waals surface area contributed by atoms with Crippen LogP contribution in [0.25, 0.3) is 11.1 Å². The number of likely N-dealkylation sites (N-methyl/N-ethyl adjacent to an activating group) is 1. The number of ether oxygens (including phenoxy) is 2. The van der Waals surface area contributed by atoms with Gasteiger partial charge in [0.15, 0.2) is 0 Å². The fourth-order valence-corrected chi connectivity index (χ4v) is 5.27. The SMILES string of the molecule is CC(=O)N[C@@H](CN)C(=O)N(C)[C@@H]1C(=O)N[C@@H](C)C(=O)N[C@H](C(=O)N[C@@H](C)C#N)Cc2ccc(OCCN)c(c2)-c2cc1ccc2OCCN. The molecule has 1 aliphatic heterocycles. The quantitative estimate of drug-likeness (QED) is 0.137. The summed E-state index contributed by atoms with van der Waals surface area (Å²) in [6.45, 7) is 4.68. The summed E-state index contributed by atoms with van der Waals surface area (Å²) in [5.74, 6) is -2.37. The molecule has 10 N–H and O–H groups in total. The van der Waals surface area contributed by atoms with Crippen molar-refractivity contribution < 1.29 is 33.4 Å². The van der Waals surface area contributed by atoms with Crippen molar-refractivity contribution in [3.63, 3.8) is 0 Å². The Morgan fingerprint density at radius 2 is 1.59 bits per heavy atom. The lowest BCUT2D eigenvalue weighted by atomic mass is 9.93. The Morgan fingerprint density at radius 1 is 0.980 bits per heavy atom. The van der Waals surface area contributed by atoms with Crippen molar-refractivity contribution in [2.24, 2.45) is 17.2 Å². The van der Waals surface area contributed by atoms with E-state index in [1.807, 2.05) is 6.07 Å². The molecular weight excluding hydrogens is 634 g/mol. The monoisotopic (exact) mass is 679 g/mol. The molecule has 4 bridgehead atoms. The number of hydrogen-bond donors (Lipinski definition) is 7. The van der Waals surface area contributed by atoms with Gasteiger partial charge in [-0.05, 0) is 49.2 Å². The highest BCUT2D eigenvalue weighted by Crippen LogP contribution is 2.40. The normalized spacial score (nSPS) is 18.7. The first kappa shape index (κ1) is 38.2. The predicted octanol–water partition coefficient (Wildman–Crippen LogP) is -1.43. The summed E-state index contributed by atoms with van der Waals surface area (Å²) < 4.78 is 12.0. The van der Waals surface area contributed by atoms with Crippen LogP contribution in [0.3, 0.4) is 0 Å². The summed E-state index contributed by atoms with van der Waals surface area (Å²) in [7, 11) is 1.39. The van der Waals surface area contributed by atoms with E-state index < -0.39 is 59.7 Å². The Labute approximate surface area is 285 Å². The van der Waals surface area contributed by atoms with Gasteiger partial charge in [-0.25, -0.2) is 0 Å². The van der Waals surface area contributed by atoms with Gasteiger partial charge in [0, 0.05) is 51.2 Å². The predicted molar refractivity (Wildman–Crippen MR) is 180 cm³/mol. The number of hydrogen-bond acceptors (Lipinski definition) is 11. The fraction of sp³-hybridized carbons (Fsp3) is 0.455. The molecule has 3 rings (SSSR count). The first-order chi connectivity index (χ1) is 23.3. The van der Waals surface area contributed by atoms with Crippen LogP contribution >= 0.6 is 0 Å². The zero-order valence-electron chi connectivity index (χ0n) is 28.1. The van der Waals surface area contributed by atoms with E-state index in [-0.39, 0.29) is 39.3 Å². The molecule has 0 aromatic heterocycles. The molecule has 1 aliphatic rings. The molecule has 264 valence electrons. The molecule has 0 unspecified atom stereocenters. The van der Waals surface area contributed by atoms with Crippen molar-refractivity contribution in [2.75, 3.05) is 39.9 Å². The topological polar surface area (TPSA) is 257 Å². The minimum atomic E-state index is -1.33. The van der Waals surface area contributed by atoms with Gasteiger partial charge in [0.05, 0.1) is 6.07 Å². The first-order valence-corrected chi connectivity index (χ1v) is 15.8. The standard InChI is InChI=1S/C33H45N9O7/c1-18(16-36)38-31(45)25-14-21-5-7-27(48-11-9-34)23(13-21)24-15-22(6-8-28(24)49-12-10-35)29(32(46)39-19(2)30(44)41-25)42(4)33(47)26(17-37)40-20(3)43/h5-8,13,15,18-19,25-26,29H,9-12,14,17,34-35,37H2,1-4H3,(H,38,45)(H,39,46)(H,40,43)(H,41,44)/t18-,19-,25-,26-,29-/m0/s1. The summed E-state index contributed by atoms with van der Waals surface area (Å²) in [4.78, 5) is 67.4. The largest absolute Gasteiger partial charge is 0.492 e. The summed E-state index contributed by atoms with van der Waals surface area (Å²) in [5.41, 5.74) is 19.2. The molecule has 0 saturated carbocycles. The van der Waals surface area contributed by atoms with Crippen LogP contribution in [0, 0.1) is 11.3 Å². The van der Waals surface area contributed by atoms with E-state index in [0.717, 1.165) is 4.90 Å². The molecule has 0 fully saturated rings. The lowest BCUT2D eigenvalue weighted by Gasteiger charge is -2.32. The Morgan fingerprint density at radius 3 is 2.16 bits per heavy atom. The molecule has 0 radical (unpaired) electrons. The number of rotatable bonds is 12. The second-order valence-corrected chi connectivity index (χ2v) is 11.6. The third kappa shape index (κ3) is 9.89. The number of fused-ring (bicyclic) bond motifs is 5. The van der Waals surface area contributed by atoms with Crippen LogP contribution in [0.5, 0.6) is 11.5 Å². The molecule has 16 nitrogen and oxygen atoms in total. The fourth-order valence-electron chi connectivity index (χ4n) is 5.27. The van der Waals surface area contributed by atoms with Crippen LogP contribution in [-0.2, 0) is 30.4 Å². The third-order valence-electron chi connectivity index (χ3n) is 7.68. The number of nitrogens with one attached hydrogen (secondary N) is 4. The number of nitrogens with two attached hydrogens (primary N) is 3. The molecular formula is C33H45N9O7. The van der Waals surface area contributed by atoms with E-state index >= 15 is 0 Å². The zero-order chi connectivity index (χ0) is 36.2. The highest BCUT2D eigenvalue weighted by Gasteiger charge is 2.35. The lowest BCUT2D eigenvalue weighted by molar-refractivity contribution is -0.142. The highest BCUT2D eigenvalue weighted by atomic mass is 16.5. The van der Waals surface area contributed by atoms with E-state index in [1.54, 1.807) is 36.4 Å². The average Bonchev–Trinajstić information content (AvgIpc) is 3.07. The highest BCUT2D eigenvalue weighted by molar-refractivity contribution is 5.96. The second kappa shape index (κ2) is 17.8. The number of amides is 5. The van der Waals surface area contributed by atoms with Crippen molar-refractivity contribution >= 4 is 29.5 Å². The maximum Gasteiger partial charge on any atom is 0.248 e. The summed E-state index contributed by atoms with van der Waals surface area (Å²) in [6, 6.07) is 6.42. The number of carbonyl (C=O) groups excluding carboxylic acids is 5. The maximum absolute atomic E-state index is 14.1. The molecule has 0 aliphatic carbocycles. The molecule has 2 aromatic carbocycles. The smallest absolute Gasteiger partial charge is 0.248 e. The van der Waals surface area contributed by atoms with E-state index in [2.05, 4.69) is 21.3 Å². The van der Waals surface area contributed by atoms with Crippen molar-refractivity contribution in [1.82, 2.24) is 26.2 Å². The van der Waals surface area contributed by atoms with Crippen LogP contribution in [0.4, 0.5) is 0 Å². The molecule has 49 heavy (non-hydrogen) atoms. The van der Waals surface area contributed by atoms with Crippen molar-refractivity contribution in [3.8, 4) is 28.7 Å². The molecule has 2 aromatic rings. The summed E-state index contributed by atoms with van der Waals surface area (Å²) >= 11 is 0. The van der Waals surface area contributed by atoms with Crippen molar-refractivity contribution in [1.29, 1.82) is 5.26 Å². The van der Waals surface area contributed by atoms with Gasteiger partial charge in [0.2, 0.25) is 29.5 Å². The number of benzene rings is 2. The number of nitriles is 1. The van der Waals surface area contributed by atoms with Gasteiger partial charge in [0.25, 0.3) is 0 Å². The molecule has 16 heteroatoms. The Kier molecular flexibility index (Phi) is 13.9. The molecule has 5 atom stereocenters. The van der Waals surface area contributed by atoms with Gasteiger partial charge < -0.3 is 52.8 Å². The second-order valence-electron chi connectivity index (χ2n) is 11.6. The Bertz CT molecular complexity index is 1580. The zero-order valence-corrected chi connectivity index (χ0v) is 28.1. The van der Waals surface area contributed by atoms with E-state index in [9.17, 15) is 29.2 Å². The first-order valence-electron chi connectivity index (χ1n) is 15.8. The van der Waals surface area contributed by atoms with Gasteiger partial charge >= 0.3 is 0 Å². The van der Waals surface area contributed by atoms with E-state index in [4.69, 9.17) is 26.7 Å². The molecule has 5 amide bonds. The van der Waals surface area contributed by atoms with Crippen molar-refractivity contribution in [3.05, 3.63) is 47.5 Å². The molecule has 0 spiro atoms. The van der Waals surface area contributed by atoms with Gasteiger partial charge in [0.1, 0.15) is 54.9 Å². The molecule has 1 heterocycles. The van der Waals surface area contributed by atoms with Crippen molar-refractivity contribution in [2.45, 2.75) is 57.4 Å². The minimum absolute atomic E-state index is 0.0166. The number of nitrogens with zero attached hydrogens (tertiary/aromatic N) is 2. The van der Waals surface area contributed by atoms with Gasteiger partial charge in [-0.15, -0.1) is 0 Å². The average molecular weight is 680 g/mol. The van der Waals surface area contributed by atoms with E-state index in [1.165, 1.54) is 27.8 Å². The van der Waals surface area contributed by atoms with Crippen LogP contribution in [0.1, 0.15) is 37.9 Å². The van der Waals surface area contributed by atoms with Crippen LogP contribution in [0.2, 0.25) is 0 Å². The van der Waals surface area contributed by atoms with Gasteiger partial charge in [-0.3, -0.25) is 24.0 Å². The maximum atomic E-state index is 14.1. The Balaban J connectivity index is 2.31. The van der Waals surface area contributed by atoms with E-state index in [0.29, 0.717) is 33.8 Å². The number of carbonyl (C=O) groups is 5. The Hall–Kier alpha value is -5.24.